The van der Waals surface area contributed by atoms with Gasteiger partial charge in [0.15, 0.2) is 0 Å². The van der Waals surface area contributed by atoms with E-state index in [4.69, 9.17) is 34.5 Å². The molecule has 14 bridgehead atoms. The molecule has 20 rings (SSSR count). The summed E-state index contributed by atoms with van der Waals surface area (Å²) in [5, 5.41) is 23.7. The van der Waals surface area contributed by atoms with Gasteiger partial charge in [-0.15, -0.1) is 0 Å². The standard InChI is InChI=1S/C15H18BrNO2.C15H19NO2.C14H16FNO2.C14H17NO3.C14H15NO2.C6H10FNO2.C6H8FNO.C6H7NO.S7.S6.S5.S4.S3.S2.H2S/c1-9-7-12-13(16)14(9)17(15(12)18)8-10-3-5-11(19-2)6-4-10;1-10-7-12-8-14(10)16(15(12)17)9-11-3-5-13(18-2)6-4-11;1-18-11-4-2-9(3-5-11)8-16-13-7-10(14(16)17)6-12(13)15;1-18-11-4-2-9(3-5-11)8-15-12-6-10(14(15)17)7-13(12)16;1-17-13-6-2-10(3-7-13)9-15-12-5-4-11(8-12)14(15)16;7-4-1-3(6(9)10)2-5(4)8;7-4-1-3-2-5(4)8-6(3)9;8-6-4-1-2-5(3-4)7-6;1-3-5-7-6-4-2;1-3-5-6-4-2;1-3-5-4-2;1-3-4-2;1-3-2;1-2;/h3-6,9,12-14H,7-8H2,1-2H3;3-6,10,12,14H,7-9H2,1-2H3;2-5,10,12-13H,6-8H2,1H3;2-5,10,12-13,16H,6-8H2,1H3;2-7,11-12H,8-9H2,1H3;3-5H,1-2,8H2,(H,9,10);3-5H,1-2H2,(H,8,9);1-2,4-5H,3H2,(H,7,8);;;;;;;1H2/t;;;;;3-,4-,5-;;;;;;;;;/m.....0........./s1. The van der Waals surface area contributed by atoms with Gasteiger partial charge in [-0.2, -0.15) is 13.5 Å². The number of ether oxygens (including phenoxy) is 5. The zero-order valence-corrected chi connectivity index (χ0v) is 104. The van der Waals surface area contributed by atoms with Crippen LogP contribution in [-0.4, -0.2) is 195 Å². The molecule has 13 fully saturated rings. The maximum atomic E-state index is 13.6. The third kappa shape index (κ3) is 39.9. The number of nitrogens with zero attached hydrogens (tertiary/aromatic N) is 5. The Labute approximate surface area is 963 Å². The summed E-state index contributed by atoms with van der Waals surface area (Å²) in [5.41, 5.74) is 10.9. The number of alkyl halides is 4. The van der Waals surface area contributed by atoms with Crippen molar-refractivity contribution in [3.63, 3.8) is 0 Å². The van der Waals surface area contributed by atoms with Crippen molar-refractivity contribution in [2.75, 3.05) is 35.5 Å². The molecule has 0 aromatic heterocycles. The fourth-order valence-corrected chi connectivity index (χ4v) is 37.4. The number of carbonyl (C=O) groups excluding carboxylic acids is 7. The average molecular weight is 2580 g/mol. The number of hydrogen-bond donors (Lipinski definition) is 5. The van der Waals surface area contributed by atoms with Gasteiger partial charge < -0.3 is 74.8 Å². The van der Waals surface area contributed by atoms with Crippen molar-refractivity contribution in [1.29, 1.82) is 0 Å². The molecule has 145 heavy (non-hydrogen) atoms. The molecule has 0 spiro atoms. The quantitative estimate of drug-likeness (QED) is 0.0453. The third-order valence-electron chi connectivity index (χ3n) is 26.5. The average Bonchev–Trinajstić information content (AvgIpc) is 1.60. The number of rotatable bonds is 16. The molecule has 798 valence electrons. The van der Waals surface area contributed by atoms with Crippen LogP contribution >= 0.6 is 29.4 Å². The molecule has 23 nitrogen and oxygen atoms in total. The van der Waals surface area contributed by atoms with Crippen LogP contribution in [0.15, 0.2) is 146 Å². The van der Waals surface area contributed by atoms with E-state index in [1.54, 1.807) is 67.1 Å². The molecule has 7 saturated heterocycles. The number of carboxylic acids is 1. The number of carboxylic acid groups (broad SMARTS) is 1. The van der Waals surface area contributed by atoms with E-state index >= 15 is 0 Å². The largest absolute Gasteiger partial charge is 0.497 e. The highest BCUT2D eigenvalue weighted by atomic mass is 79.9. The maximum Gasteiger partial charge on any atom is 0.306 e. The van der Waals surface area contributed by atoms with Gasteiger partial charge in [-0.3, -0.25) is 38.4 Å². The Balaban J connectivity index is 0.000000247. The Morgan fingerprint density at radius 3 is 1.09 bits per heavy atom. The summed E-state index contributed by atoms with van der Waals surface area (Å²) in [6.45, 7) is 7.75. The molecular weight excluding hydrogens is 2470 g/mol. The van der Waals surface area contributed by atoms with Crippen LogP contribution in [0.2, 0.25) is 0 Å². The number of nitrogens with one attached hydrogen (secondary N) is 2. The van der Waals surface area contributed by atoms with E-state index < -0.39 is 36.4 Å². The zero-order chi connectivity index (χ0) is 106. The number of aliphatic hydroxyl groups is 1. The summed E-state index contributed by atoms with van der Waals surface area (Å²) in [5.74, 6) is 6.19. The summed E-state index contributed by atoms with van der Waals surface area (Å²) in [4.78, 5) is 102. The number of halogens is 4. The van der Waals surface area contributed by atoms with E-state index in [-0.39, 0.29) is 116 Å². The van der Waals surface area contributed by atoms with E-state index in [9.17, 15) is 56.6 Å². The summed E-state index contributed by atoms with van der Waals surface area (Å²) in [6, 6.07) is 39.7. The van der Waals surface area contributed by atoms with Gasteiger partial charge in [-0.1, -0.05) is 115 Å². The van der Waals surface area contributed by atoms with Gasteiger partial charge in [0, 0.05) is 353 Å². The van der Waals surface area contributed by atoms with Crippen LogP contribution in [0.3, 0.4) is 0 Å². The van der Waals surface area contributed by atoms with Crippen molar-refractivity contribution in [3.8, 4) is 28.7 Å². The normalized spacial score (nSPS) is 27.5. The van der Waals surface area contributed by atoms with Gasteiger partial charge in [-0.05, 0) is 184 Å². The van der Waals surface area contributed by atoms with Crippen LogP contribution in [0, 0.1) is 59.2 Å². The lowest BCUT2D eigenvalue weighted by Crippen LogP contribution is -2.43. The first-order valence-electron chi connectivity index (χ1n) is 44.6. The lowest BCUT2D eigenvalue weighted by atomic mass is 9.99. The second-order valence-electron chi connectivity index (χ2n) is 34.7. The lowest BCUT2D eigenvalue weighted by Gasteiger charge is -2.31. The summed E-state index contributed by atoms with van der Waals surface area (Å²) in [6.07, 6.45) is 14.4. The van der Waals surface area contributed by atoms with Crippen LogP contribution in [0.25, 0.3) is 0 Å². The van der Waals surface area contributed by atoms with Crippen LogP contribution in [0.5, 0.6) is 28.7 Å². The SMILES string of the molecule is COc1ccc(CN2C(=O)C3C=CC2C3)cc1.COc1ccc(CN2C(=O)C3CC(C)C2C3)cc1.COc1ccc(CN2C(=O)C3CC(C)C2C3Br)cc1.COc1ccc(CN2C(=O)C3CC(F)C2C3)cc1.COc1ccc(CN2C(=O)C3CC(O)C2C3)cc1.N[C@H]1C[C@@H](C(=O)O)C[C@@H]1F.O=C1NC2C=CC1C2.O=C1NC2CC1CC2F.S.S=S.S=S=S.S=S=S=S.S=S=S=S=S.S=S=S=S=S=S.S=S=S=S=S=S=S. The highest BCUT2D eigenvalue weighted by Crippen LogP contribution is 2.49. The van der Waals surface area contributed by atoms with Crippen molar-refractivity contribution >= 4 is 344 Å². The number of piperidine rings is 5. The van der Waals surface area contributed by atoms with Crippen molar-refractivity contribution in [2.45, 2.75) is 208 Å². The smallest absolute Gasteiger partial charge is 0.306 e. The van der Waals surface area contributed by atoms with Crippen molar-refractivity contribution < 1.29 is 85.4 Å². The number of carbonyl (C=O) groups is 8. The first kappa shape index (κ1) is 130. The van der Waals surface area contributed by atoms with E-state index in [1.165, 1.54) is 103 Å². The van der Waals surface area contributed by atoms with Crippen molar-refractivity contribution in [2.24, 2.45) is 64.9 Å². The molecule has 55 heteroatoms. The molecule has 23 atom stereocenters. The second kappa shape index (κ2) is 69.6. The van der Waals surface area contributed by atoms with Gasteiger partial charge in [-0.25, -0.2) is 13.2 Å². The summed E-state index contributed by atoms with van der Waals surface area (Å²) in [7, 11) is 28.4. The van der Waals surface area contributed by atoms with Gasteiger partial charge in [0.25, 0.3) is 0 Å². The third-order valence-corrected chi connectivity index (χ3v) is 49.9. The molecule has 0 radical (unpaired) electrons. The number of benzene rings is 5. The Kier molecular flexibility index (Phi) is 62.7. The van der Waals surface area contributed by atoms with E-state index in [0.29, 0.717) is 110 Å². The number of likely N-dealkylation sites (tertiary alicyclic amines) is 5. The van der Waals surface area contributed by atoms with Crippen LogP contribution in [0.4, 0.5) is 13.2 Å². The van der Waals surface area contributed by atoms with E-state index in [0.717, 1.165) is 111 Å². The molecule has 7 heterocycles. The predicted octanol–water partition coefficient (Wildman–Crippen LogP) is 11.1. The number of nitrogens with two attached hydrogens (primary N) is 1. The van der Waals surface area contributed by atoms with E-state index in [2.05, 4.69) is 192 Å². The highest BCUT2D eigenvalue weighted by molar-refractivity contribution is 9.09. The van der Waals surface area contributed by atoms with E-state index in [1.807, 2.05) is 148 Å². The molecule has 15 aliphatic rings. The number of fused-ring (bicyclic) bond motifs is 14. The molecule has 7 amide bonds. The van der Waals surface area contributed by atoms with Crippen LogP contribution in [-0.2, 0) is 339 Å². The Bertz CT molecular complexity index is 5670. The monoisotopic (exact) mass is 2580 g/mol. The fraction of sp³-hybridized carbons (Fsp3) is 0.533. The highest BCUT2D eigenvalue weighted by Gasteiger charge is 2.56. The number of amides is 7. The van der Waals surface area contributed by atoms with Crippen molar-refractivity contribution in [3.05, 3.63) is 173 Å². The van der Waals surface area contributed by atoms with Crippen molar-refractivity contribution in [1.82, 2.24) is 35.1 Å². The molecule has 6 N–H and O–H groups in total. The minimum absolute atomic E-state index is 0. The number of aliphatic carboxylic acids is 1. The molecule has 20 unspecified atom stereocenters. The molecule has 6 saturated carbocycles. The molecule has 5 aromatic carbocycles. The zero-order valence-electron chi connectivity index (χ0n) is 78.9. The molecule has 7 aliphatic heterocycles. The summed E-state index contributed by atoms with van der Waals surface area (Å²) >= 11 is 55.0. The van der Waals surface area contributed by atoms with Gasteiger partial charge in [0.1, 0.15) is 47.3 Å². The molecular formula is C90H112BrF3N8O15S28. The van der Waals surface area contributed by atoms with Gasteiger partial charge >= 0.3 is 5.97 Å². The van der Waals surface area contributed by atoms with Gasteiger partial charge in [0.2, 0.25) is 41.4 Å². The fourth-order valence-electron chi connectivity index (χ4n) is 19.7. The molecule has 5 aromatic rings. The minimum Gasteiger partial charge on any atom is -0.497 e. The number of hydrogen-bond acceptors (Lipinski definition) is 27. The Hall–Kier alpha value is -3.18. The maximum absolute atomic E-state index is 13.6. The van der Waals surface area contributed by atoms with Gasteiger partial charge in [0.05, 0.1) is 89.5 Å². The Morgan fingerprint density at radius 1 is 0.400 bits per heavy atom. The topological polar surface area (TPSA) is 289 Å². The first-order chi connectivity index (χ1) is 69.3. The first-order valence-corrected chi connectivity index (χ1v) is 73.5. The summed E-state index contributed by atoms with van der Waals surface area (Å²) < 4.78 is 64.4. The Morgan fingerprint density at radius 2 is 0.786 bits per heavy atom. The number of methoxy groups -OCH3 is 5. The number of aliphatic hydroxyl groups excluding tert-OH is 1. The predicted molar refractivity (Wildman–Crippen MR) is 643 cm³/mol. The van der Waals surface area contributed by atoms with Crippen LogP contribution in [0.1, 0.15) is 125 Å². The van der Waals surface area contributed by atoms with Crippen LogP contribution < -0.4 is 40.1 Å². The molecule has 8 aliphatic carbocycles. The second-order valence-corrected chi connectivity index (χ2v) is 62.3. The lowest BCUT2D eigenvalue weighted by molar-refractivity contribution is -0.142. The minimum atomic E-state index is -1.12.